The Balaban J connectivity index is 0.973. The third-order valence-corrected chi connectivity index (χ3v) is 12.8. The Morgan fingerprint density at radius 3 is 2.48 bits per heavy atom. The zero-order valence-corrected chi connectivity index (χ0v) is 37.2. The molecule has 0 saturated carbocycles. The molecule has 6 aromatic rings. The lowest BCUT2D eigenvalue weighted by Crippen LogP contribution is -2.44. The van der Waals surface area contributed by atoms with Gasteiger partial charge in [-0.2, -0.15) is 0 Å². The smallest absolute Gasteiger partial charge is 0.407 e. The third-order valence-electron chi connectivity index (χ3n) is 12.8. The molecular formula is C49H54N8O8. The highest BCUT2D eigenvalue weighted by molar-refractivity contribution is 6.07. The summed E-state index contributed by atoms with van der Waals surface area (Å²) in [5.41, 5.74) is 7.12. The average Bonchev–Trinajstić information content (AvgIpc) is 4.15. The van der Waals surface area contributed by atoms with E-state index in [1.165, 1.54) is 14.2 Å². The van der Waals surface area contributed by atoms with Gasteiger partial charge in [-0.3, -0.25) is 9.59 Å². The number of amides is 4. The third kappa shape index (κ3) is 8.57. The first-order valence-corrected chi connectivity index (χ1v) is 22.1. The molecule has 0 bridgehead atoms. The number of aromatic amines is 2. The summed E-state index contributed by atoms with van der Waals surface area (Å²) in [5, 5.41) is 7.47. The molecule has 3 unspecified atom stereocenters. The normalized spacial score (nSPS) is 19.5. The molecule has 4 amide bonds. The van der Waals surface area contributed by atoms with Crippen molar-refractivity contribution in [3.05, 3.63) is 102 Å². The molecule has 2 saturated heterocycles. The number of hydrogen-bond donors (Lipinski definition) is 4. The van der Waals surface area contributed by atoms with Crippen LogP contribution in [-0.4, -0.2) is 101 Å². The Morgan fingerprint density at radius 2 is 1.71 bits per heavy atom. The molecule has 5 atom stereocenters. The molecule has 2 fully saturated rings. The minimum Gasteiger partial charge on any atom is -0.488 e. The monoisotopic (exact) mass is 882 g/mol. The summed E-state index contributed by atoms with van der Waals surface area (Å²) in [5.74, 6) is 2.15. The van der Waals surface area contributed by atoms with E-state index in [4.69, 9.17) is 28.9 Å². The van der Waals surface area contributed by atoms with Crippen molar-refractivity contribution < 1.29 is 38.1 Å². The Labute approximate surface area is 376 Å². The van der Waals surface area contributed by atoms with Gasteiger partial charge in [0.2, 0.25) is 5.91 Å². The number of ether oxygens (including phenoxy) is 4. The lowest BCUT2D eigenvalue weighted by atomic mass is 9.92. The molecule has 5 heterocycles. The highest BCUT2D eigenvalue weighted by Crippen LogP contribution is 2.44. The predicted octanol–water partition coefficient (Wildman–Crippen LogP) is 7.73. The quantitative estimate of drug-likeness (QED) is 0.0945. The van der Waals surface area contributed by atoms with E-state index in [9.17, 15) is 19.2 Å². The fourth-order valence-corrected chi connectivity index (χ4v) is 9.80. The molecule has 0 spiro atoms. The van der Waals surface area contributed by atoms with Gasteiger partial charge in [-0.1, -0.05) is 62.4 Å². The maximum Gasteiger partial charge on any atom is 0.407 e. The molecule has 4 N–H and O–H groups in total. The number of imidazole rings is 2. The number of rotatable bonds is 12. The lowest BCUT2D eigenvalue weighted by Gasteiger charge is -2.30. The number of aromatic nitrogens is 4. The van der Waals surface area contributed by atoms with Gasteiger partial charge in [-0.15, -0.1) is 0 Å². The van der Waals surface area contributed by atoms with Crippen LogP contribution < -0.4 is 15.4 Å². The van der Waals surface area contributed by atoms with Gasteiger partial charge in [0.05, 0.1) is 61.9 Å². The van der Waals surface area contributed by atoms with Gasteiger partial charge >= 0.3 is 12.2 Å². The molecule has 0 aliphatic carbocycles. The maximum absolute atomic E-state index is 14.3. The Bertz CT molecular complexity index is 2750. The van der Waals surface area contributed by atoms with E-state index in [0.717, 1.165) is 67.7 Å². The van der Waals surface area contributed by atoms with E-state index in [-0.39, 0.29) is 41.8 Å². The van der Waals surface area contributed by atoms with Crippen molar-refractivity contribution in [3.8, 4) is 28.1 Å². The van der Waals surface area contributed by atoms with Crippen LogP contribution in [0.2, 0.25) is 0 Å². The van der Waals surface area contributed by atoms with Crippen LogP contribution in [0.15, 0.2) is 79.0 Å². The average molecular weight is 883 g/mol. The Kier molecular flexibility index (Phi) is 12.2. The van der Waals surface area contributed by atoms with Crippen LogP contribution in [0.1, 0.15) is 80.4 Å². The Hall–Kier alpha value is -6.94. The molecule has 3 aliphatic heterocycles. The summed E-state index contributed by atoms with van der Waals surface area (Å²) in [6.45, 7) is 5.63. The second kappa shape index (κ2) is 18.3. The minimum atomic E-state index is -0.947. The predicted molar refractivity (Wildman–Crippen MR) is 243 cm³/mol. The van der Waals surface area contributed by atoms with Crippen LogP contribution in [-0.2, 0) is 30.4 Å². The standard InChI is InChI=1S/C49H54N8O8/c1-27(2)17-42(58)57-33(22-51-48(60)63-4)13-16-39(57)46-52-37-15-12-30-20-36-34-14-11-31(19-32(34)26-65-41(36)21-35(30)44(37)54-46)38-23-50-45(53-38)40-18-28(25-62-3)24-56(40)47(59)43(55-49(61)64-5)29-9-7-6-8-10-29/h6-12,14-15,19-21,23,27-28,33,39-40,43H,13,16-18,22,24-26H2,1-5H3,(H,50,53)(H,51,60)(H,52,54)(H,55,61)/t28-,33+,39?,40?,43?/m0/s1. The molecule has 0 radical (unpaired) electrons. The SMILES string of the molecule is COC[C@H]1CC(c2ncc(-c3ccc4c(c3)COc3cc5c(ccc6[nH]c(C7CC[C@H](CNC(=O)OC)N7C(=O)CC(C)C)nc65)cc3-4)[nH]2)N(C(=O)C(NC(=O)OC)c2ccccc2)C1. The van der Waals surface area contributed by atoms with Crippen LogP contribution >= 0.6 is 0 Å². The van der Waals surface area contributed by atoms with E-state index in [2.05, 4.69) is 57.0 Å². The summed E-state index contributed by atoms with van der Waals surface area (Å²) in [6.07, 6.45) is 3.05. The maximum atomic E-state index is 14.3. The summed E-state index contributed by atoms with van der Waals surface area (Å²) in [7, 11) is 4.26. The van der Waals surface area contributed by atoms with Crippen molar-refractivity contribution in [2.24, 2.45) is 11.8 Å². The fraction of sp³-hybridized carbons (Fsp3) is 0.388. The molecule has 16 heteroatoms. The summed E-state index contributed by atoms with van der Waals surface area (Å²) < 4.78 is 21.7. The number of nitrogens with one attached hydrogen (secondary N) is 4. The molecule has 338 valence electrons. The van der Waals surface area contributed by atoms with Gasteiger partial charge in [0.1, 0.15) is 30.0 Å². The molecule has 4 aromatic carbocycles. The largest absolute Gasteiger partial charge is 0.488 e. The van der Waals surface area contributed by atoms with Crippen molar-refractivity contribution in [3.63, 3.8) is 0 Å². The van der Waals surface area contributed by atoms with Crippen LogP contribution in [0.3, 0.4) is 0 Å². The second-order valence-electron chi connectivity index (χ2n) is 17.6. The number of carbonyl (C=O) groups excluding carboxylic acids is 4. The van der Waals surface area contributed by atoms with Gasteiger partial charge in [0, 0.05) is 43.5 Å². The van der Waals surface area contributed by atoms with E-state index in [1.807, 2.05) is 55.1 Å². The van der Waals surface area contributed by atoms with Crippen LogP contribution in [0.25, 0.3) is 44.2 Å². The van der Waals surface area contributed by atoms with Crippen molar-refractivity contribution in [1.82, 2.24) is 40.4 Å². The second-order valence-corrected chi connectivity index (χ2v) is 17.6. The molecule has 3 aliphatic rings. The molecular weight excluding hydrogens is 829 g/mol. The van der Waals surface area contributed by atoms with E-state index < -0.39 is 18.2 Å². The highest BCUT2D eigenvalue weighted by atomic mass is 16.5. The van der Waals surface area contributed by atoms with Gasteiger partial charge in [0.15, 0.2) is 0 Å². The van der Waals surface area contributed by atoms with Crippen molar-refractivity contribution in [2.75, 3.05) is 41.0 Å². The molecule has 16 nitrogen and oxygen atoms in total. The topological polar surface area (TPSA) is 193 Å². The van der Waals surface area contributed by atoms with E-state index in [1.54, 1.807) is 18.2 Å². The molecule has 65 heavy (non-hydrogen) atoms. The number of fused-ring (bicyclic) bond motifs is 6. The first kappa shape index (κ1) is 43.3. The molecule has 9 rings (SSSR count). The Morgan fingerprint density at radius 1 is 0.892 bits per heavy atom. The number of hydrogen-bond acceptors (Lipinski definition) is 10. The lowest BCUT2D eigenvalue weighted by molar-refractivity contribution is -0.135. The van der Waals surface area contributed by atoms with Crippen LogP contribution in [0, 0.1) is 11.8 Å². The summed E-state index contributed by atoms with van der Waals surface area (Å²) >= 11 is 0. The number of alkyl carbamates (subject to hydrolysis) is 2. The highest BCUT2D eigenvalue weighted by Gasteiger charge is 2.42. The van der Waals surface area contributed by atoms with Gasteiger partial charge in [-0.05, 0) is 77.1 Å². The van der Waals surface area contributed by atoms with Crippen molar-refractivity contribution in [2.45, 2.75) is 70.3 Å². The number of H-pyrrole nitrogens is 2. The zero-order valence-electron chi connectivity index (χ0n) is 37.2. The number of benzene rings is 4. The van der Waals surface area contributed by atoms with Gasteiger partial charge < -0.3 is 49.3 Å². The summed E-state index contributed by atoms with van der Waals surface area (Å²) in [6, 6.07) is 22.0. The summed E-state index contributed by atoms with van der Waals surface area (Å²) in [4.78, 5) is 73.0. The zero-order chi connectivity index (χ0) is 45.4. The van der Waals surface area contributed by atoms with Crippen molar-refractivity contribution >= 4 is 45.8 Å². The van der Waals surface area contributed by atoms with Crippen LogP contribution in [0.5, 0.6) is 5.75 Å². The van der Waals surface area contributed by atoms with Crippen LogP contribution in [0.4, 0.5) is 9.59 Å². The number of nitrogens with zero attached hydrogens (tertiary/aromatic N) is 4. The van der Waals surface area contributed by atoms with Crippen molar-refractivity contribution in [1.29, 1.82) is 0 Å². The number of likely N-dealkylation sites (tertiary alicyclic amines) is 2. The minimum absolute atomic E-state index is 0.0360. The first-order chi connectivity index (χ1) is 31.5. The van der Waals surface area contributed by atoms with Gasteiger partial charge in [-0.25, -0.2) is 19.6 Å². The first-order valence-electron chi connectivity index (χ1n) is 22.1. The number of carbonyl (C=O) groups is 4. The van der Waals surface area contributed by atoms with Gasteiger partial charge in [0.25, 0.3) is 5.91 Å². The van der Waals surface area contributed by atoms with E-state index in [0.29, 0.717) is 57.0 Å². The number of methoxy groups -OCH3 is 3. The fourth-order valence-electron chi connectivity index (χ4n) is 9.80. The van der Waals surface area contributed by atoms with E-state index >= 15 is 0 Å². The molecule has 2 aromatic heterocycles.